The van der Waals surface area contributed by atoms with Crippen LogP contribution in [0.1, 0.15) is 36.0 Å². The van der Waals surface area contributed by atoms with E-state index < -0.39 is 5.97 Å². The second-order valence-corrected chi connectivity index (χ2v) is 8.63. The van der Waals surface area contributed by atoms with Crippen LogP contribution in [0.2, 0.25) is 0 Å². The van der Waals surface area contributed by atoms with Crippen molar-refractivity contribution in [3.8, 4) is 11.1 Å². The number of amides is 1. The van der Waals surface area contributed by atoms with Gasteiger partial charge in [-0.1, -0.05) is 18.2 Å². The summed E-state index contributed by atoms with van der Waals surface area (Å²) in [6.07, 6.45) is 3.80. The largest absolute Gasteiger partial charge is 0.481 e. The van der Waals surface area contributed by atoms with Crippen molar-refractivity contribution in [3.63, 3.8) is 0 Å². The van der Waals surface area contributed by atoms with E-state index in [1.54, 1.807) is 42.6 Å². The molecule has 5 rings (SSSR count). The summed E-state index contributed by atoms with van der Waals surface area (Å²) in [7, 11) is 0. The molecule has 4 aromatic rings. The highest BCUT2D eigenvalue weighted by Crippen LogP contribution is 2.26. The molecular weight excluding hydrogens is 437 g/mol. The molecule has 0 radical (unpaired) electrons. The number of hydrogen-bond acceptors (Lipinski definition) is 4. The monoisotopic (exact) mass is 459 g/mol. The van der Waals surface area contributed by atoms with E-state index in [-0.39, 0.29) is 40.5 Å². The van der Waals surface area contributed by atoms with E-state index >= 15 is 0 Å². The number of hydrogen-bond donors (Lipinski definition) is 2. The molecule has 34 heavy (non-hydrogen) atoms. The quantitative estimate of drug-likeness (QED) is 0.449. The maximum atomic E-state index is 13.3. The first-order valence-electron chi connectivity index (χ1n) is 11.2. The molecule has 0 spiro atoms. The van der Waals surface area contributed by atoms with Crippen LogP contribution in [0.5, 0.6) is 0 Å². The number of rotatable bonds is 4. The number of fused-ring (bicyclic) bond motifs is 2. The fraction of sp³-hybridized carbons (Fsp3) is 0.231. The molecule has 0 saturated heterocycles. The van der Waals surface area contributed by atoms with Gasteiger partial charge in [0, 0.05) is 12.2 Å². The van der Waals surface area contributed by atoms with Gasteiger partial charge in [-0.2, -0.15) is 0 Å². The zero-order valence-electron chi connectivity index (χ0n) is 18.2. The van der Waals surface area contributed by atoms with Crippen molar-refractivity contribution in [3.05, 3.63) is 82.5 Å². The molecule has 1 fully saturated rings. The molecule has 0 atom stereocenters. The van der Waals surface area contributed by atoms with Crippen LogP contribution in [0.3, 0.4) is 0 Å². The normalized spacial score (nSPS) is 18.1. The van der Waals surface area contributed by atoms with Crippen LogP contribution in [0.25, 0.3) is 27.7 Å². The average molecular weight is 459 g/mol. The van der Waals surface area contributed by atoms with E-state index in [2.05, 4.69) is 10.3 Å². The van der Waals surface area contributed by atoms with Gasteiger partial charge < -0.3 is 10.4 Å². The van der Waals surface area contributed by atoms with Crippen LogP contribution >= 0.6 is 0 Å². The molecular formula is C26H22FN3O4. The molecule has 8 heteroatoms. The first-order valence-corrected chi connectivity index (χ1v) is 11.2. The molecule has 7 nitrogen and oxygen atoms in total. The van der Waals surface area contributed by atoms with Gasteiger partial charge in [0.15, 0.2) is 5.65 Å². The van der Waals surface area contributed by atoms with Gasteiger partial charge in [0.25, 0.3) is 11.5 Å². The zero-order valence-corrected chi connectivity index (χ0v) is 18.2. The van der Waals surface area contributed by atoms with Gasteiger partial charge in [-0.3, -0.25) is 18.8 Å². The van der Waals surface area contributed by atoms with Crippen molar-refractivity contribution in [2.45, 2.75) is 31.7 Å². The van der Waals surface area contributed by atoms with Crippen molar-refractivity contribution in [2.24, 2.45) is 5.92 Å². The molecule has 2 N–H and O–H groups in total. The summed E-state index contributed by atoms with van der Waals surface area (Å²) >= 11 is 0. The standard InChI is InChI=1S/C26H22FN3O4/c27-18-8-3-15(4-9-18)17-7-12-22-21(14-17)25(32)30-13-1-2-20(23(30)29-22)24(31)28-19-10-5-16(6-11-19)26(33)34/h1-4,7-9,12-14,16,19H,5-6,10-11H2,(H,28,31)(H,33,34)/t16-,19+. The number of carboxylic acids is 1. The van der Waals surface area contributed by atoms with Crippen LogP contribution in [0.4, 0.5) is 4.39 Å². The summed E-state index contributed by atoms with van der Waals surface area (Å²) in [5.41, 5.74) is 2.23. The highest BCUT2D eigenvalue weighted by molar-refractivity contribution is 6.01. The highest BCUT2D eigenvalue weighted by atomic mass is 19.1. The lowest BCUT2D eigenvalue weighted by Crippen LogP contribution is -2.39. The van der Waals surface area contributed by atoms with Gasteiger partial charge in [-0.15, -0.1) is 0 Å². The van der Waals surface area contributed by atoms with Crippen LogP contribution in [-0.4, -0.2) is 32.4 Å². The summed E-state index contributed by atoms with van der Waals surface area (Å²) < 4.78 is 14.6. The number of aromatic nitrogens is 2. The molecule has 2 heterocycles. The van der Waals surface area contributed by atoms with Crippen LogP contribution in [0, 0.1) is 11.7 Å². The summed E-state index contributed by atoms with van der Waals surface area (Å²) in [6, 6.07) is 14.4. The number of nitrogens with zero attached hydrogens (tertiary/aromatic N) is 2. The van der Waals surface area contributed by atoms with Crippen molar-refractivity contribution < 1.29 is 19.1 Å². The maximum Gasteiger partial charge on any atom is 0.306 e. The minimum atomic E-state index is -0.795. The number of benzene rings is 2. The second-order valence-electron chi connectivity index (χ2n) is 8.63. The average Bonchev–Trinajstić information content (AvgIpc) is 2.84. The number of carboxylic acid groups (broad SMARTS) is 1. The summed E-state index contributed by atoms with van der Waals surface area (Å²) in [4.78, 5) is 42.1. The van der Waals surface area contributed by atoms with E-state index in [1.807, 2.05) is 6.07 Å². The molecule has 2 aromatic heterocycles. The molecule has 2 aromatic carbocycles. The second kappa shape index (κ2) is 8.70. The molecule has 172 valence electrons. The van der Waals surface area contributed by atoms with Crippen molar-refractivity contribution in [1.29, 1.82) is 0 Å². The lowest BCUT2D eigenvalue weighted by molar-refractivity contribution is -0.142. The van der Waals surface area contributed by atoms with Crippen molar-refractivity contribution in [1.82, 2.24) is 14.7 Å². The topological polar surface area (TPSA) is 101 Å². The number of nitrogens with one attached hydrogen (secondary N) is 1. The van der Waals surface area contributed by atoms with Crippen LogP contribution in [-0.2, 0) is 4.79 Å². The predicted molar refractivity (Wildman–Crippen MR) is 125 cm³/mol. The Morgan fingerprint density at radius 1 is 1.00 bits per heavy atom. The first-order chi connectivity index (χ1) is 16.4. The lowest BCUT2D eigenvalue weighted by atomic mass is 9.86. The molecule has 1 saturated carbocycles. The number of carbonyl (C=O) groups is 2. The fourth-order valence-electron chi connectivity index (χ4n) is 4.57. The Hall–Kier alpha value is -4.07. The summed E-state index contributed by atoms with van der Waals surface area (Å²) in [5.74, 6) is -1.84. The minimum absolute atomic E-state index is 0.117. The Morgan fingerprint density at radius 3 is 2.41 bits per heavy atom. The van der Waals surface area contributed by atoms with Gasteiger partial charge in [-0.25, -0.2) is 9.37 Å². The number of halogens is 1. The maximum absolute atomic E-state index is 13.3. The lowest BCUT2D eigenvalue weighted by Gasteiger charge is -2.26. The van der Waals surface area contributed by atoms with E-state index in [0.29, 0.717) is 36.6 Å². The van der Waals surface area contributed by atoms with Gasteiger partial charge in [0.05, 0.1) is 22.4 Å². The Labute approximate surface area is 193 Å². The molecule has 1 aliphatic carbocycles. The van der Waals surface area contributed by atoms with Gasteiger partial charge in [-0.05, 0) is 73.2 Å². The minimum Gasteiger partial charge on any atom is -0.481 e. The SMILES string of the molecule is O=C(N[C@H]1CC[C@@H](C(=O)O)CC1)c1cccn2c(=O)c3cc(-c4ccc(F)cc4)ccc3nc12. The molecule has 1 amide bonds. The van der Waals surface area contributed by atoms with E-state index in [1.165, 1.54) is 16.5 Å². The Morgan fingerprint density at radius 2 is 1.71 bits per heavy atom. The number of aliphatic carboxylic acids is 1. The Balaban J connectivity index is 1.48. The highest BCUT2D eigenvalue weighted by Gasteiger charge is 2.27. The molecule has 0 bridgehead atoms. The Bertz CT molecular complexity index is 1470. The van der Waals surface area contributed by atoms with Gasteiger partial charge in [0.2, 0.25) is 0 Å². The third-order valence-electron chi connectivity index (χ3n) is 6.47. The van der Waals surface area contributed by atoms with E-state index in [4.69, 9.17) is 5.11 Å². The zero-order chi connectivity index (χ0) is 23.8. The number of carbonyl (C=O) groups excluding carboxylic acids is 1. The molecule has 1 aliphatic rings. The predicted octanol–water partition coefficient (Wildman–Crippen LogP) is 4.03. The molecule has 0 aliphatic heterocycles. The van der Waals surface area contributed by atoms with Crippen LogP contribution in [0.15, 0.2) is 65.6 Å². The third-order valence-corrected chi connectivity index (χ3v) is 6.47. The van der Waals surface area contributed by atoms with Crippen LogP contribution < -0.4 is 10.9 Å². The summed E-state index contributed by atoms with van der Waals surface area (Å²) in [6.45, 7) is 0. The Kier molecular flexibility index (Phi) is 5.57. The van der Waals surface area contributed by atoms with E-state index in [0.717, 1.165) is 11.1 Å². The number of pyridine rings is 1. The van der Waals surface area contributed by atoms with E-state index in [9.17, 15) is 18.8 Å². The van der Waals surface area contributed by atoms with Gasteiger partial charge >= 0.3 is 5.97 Å². The van der Waals surface area contributed by atoms with Crippen molar-refractivity contribution >= 4 is 28.4 Å². The molecule has 0 unspecified atom stereocenters. The first kappa shape index (κ1) is 21.8. The third kappa shape index (κ3) is 4.03. The smallest absolute Gasteiger partial charge is 0.306 e. The fourth-order valence-corrected chi connectivity index (χ4v) is 4.57. The summed E-state index contributed by atoms with van der Waals surface area (Å²) in [5, 5.41) is 12.5. The van der Waals surface area contributed by atoms with Crippen molar-refractivity contribution in [2.75, 3.05) is 0 Å². The van der Waals surface area contributed by atoms with Gasteiger partial charge in [0.1, 0.15) is 5.82 Å².